The number of carbonyl (C=O) groups is 1. The van der Waals surface area contributed by atoms with Crippen molar-refractivity contribution in [1.29, 1.82) is 0 Å². The first kappa shape index (κ1) is 12.9. The van der Waals surface area contributed by atoms with Crippen molar-refractivity contribution in [3.8, 4) is 0 Å². The predicted octanol–water partition coefficient (Wildman–Crippen LogP) is 2.56. The Balaban J connectivity index is 2.35. The Kier molecular flexibility index (Phi) is 5.20. The second-order valence-electron chi connectivity index (χ2n) is 4.69. The highest BCUT2D eigenvalue weighted by molar-refractivity contribution is 5.83. The predicted molar refractivity (Wildman–Crippen MR) is 67.2 cm³/mol. The summed E-state index contributed by atoms with van der Waals surface area (Å²) in [6, 6.07) is 9.77. The zero-order valence-electron chi connectivity index (χ0n) is 10.1. The molecule has 2 heteroatoms. The van der Waals surface area contributed by atoms with E-state index in [1.807, 2.05) is 30.3 Å². The minimum Gasteiger partial charge on any atom is -0.322 e. The molecule has 0 unspecified atom stereocenters. The van der Waals surface area contributed by atoms with Gasteiger partial charge in [0.1, 0.15) is 5.78 Å². The van der Waals surface area contributed by atoms with Gasteiger partial charge in [0, 0.05) is 6.42 Å². The maximum Gasteiger partial charge on any atom is 0.149 e. The third-order valence-electron chi connectivity index (χ3n) is 2.64. The first-order valence-corrected chi connectivity index (χ1v) is 5.92. The molecule has 0 amide bonds. The molecule has 0 bridgehead atoms. The fourth-order valence-electron chi connectivity index (χ4n) is 1.74. The van der Waals surface area contributed by atoms with Crippen LogP contribution >= 0.6 is 0 Å². The van der Waals surface area contributed by atoms with Gasteiger partial charge in [0.15, 0.2) is 0 Å². The molecule has 16 heavy (non-hydrogen) atoms. The summed E-state index contributed by atoms with van der Waals surface area (Å²) in [5.74, 6) is 0.660. The maximum absolute atomic E-state index is 11.7. The topological polar surface area (TPSA) is 43.1 Å². The number of aryl methyl sites for hydroxylation is 1. The number of nitrogens with two attached hydrogens (primary N) is 1. The smallest absolute Gasteiger partial charge is 0.149 e. The molecule has 0 spiro atoms. The molecule has 1 atom stereocenters. The number of rotatable bonds is 6. The highest BCUT2D eigenvalue weighted by atomic mass is 16.1. The molecule has 0 fully saturated rings. The third-order valence-corrected chi connectivity index (χ3v) is 2.64. The van der Waals surface area contributed by atoms with E-state index in [-0.39, 0.29) is 11.8 Å². The Labute approximate surface area is 97.9 Å². The van der Waals surface area contributed by atoms with Crippen LogP contribution in [0.4, 0.5) is 0 Å². The number of hydrogen-bond acceptors (Lipinski definition) is 2. The van der Waals surface area contributed by atoms with Gasteiger partial charge >= 0.3 is 0 Å². The van der Waals surface area contributed by atoms with E-state index in [0.29, 0.717) is 12.3 Å². The van der Waals surface area contributed by atoms with Crippen LogP contribution in [-0.2, 0) is 11.2 Å². The quantitative estimate of drug-likeness (QED) is 0.799. The van der Waals surface area contributed by atoms with E-state index in [1.165, 1.54) is 5.56 Å². The van der Waals surface area contributed by atoms with Crippen LogP contribution in [0.15, 0.2) is 30.3 Å². The number of hydrogen-bond donors (Lipinski definition) is 1. The van der Waals surface area contributed by atoms with Gasteiger partial charge < -0.3 is 5.73 Å². The average Bonchev–Trinajstić information content (AvgIpc) is 2.26. The minimum atomic E-state index is -0.288. The van der Waals surface area contributed by atoms with E-state index in [4.69, 9.17) is 5.73 Å². The van der Waals surface area contributed by atoms with Gasteiger partial charge in [0.2, 0.25) is 0 Å². The Bertz CT molecular complexity index is 319. The second-order valence-corrected chi connectivity index (χ2v) is 4.69. The highest BCUT2D eigenvalue weighted by Gasteiger charge is 2.14. The van der Waals surface area contributed by atoms with Crippen molar-refractivity contribution in [3.63, 3.8) is 0 Å². The standard InChI is InChI=1S/C14H21NO/c1-11(2)10-13(15)14(16)9-8-12-6-4-3-5-7-12/h3-7,11,13H,8-10,15H2,1-2H3/t13-/m1/s1. The molecule has 1 rings (SSSR count). The molecule has 0 heterocycles. The van der Waals surface area contributed by atoms with Gasteiger partial charge in [-0.3, -0.25) is 4.79 Å². The van der Waals surface area contributed by atoms with Crippen LogP contribution in [0, 0.1) is 5.92 Å². The highest BCUT2D eigenvalue weighted by Crippen LogP contribution is 2.08. The SMILES string of the molecule is CC(C)C[C@@H](N)C(=O)CCc1ccccc1. The summed E-state index contributed by atoms with van der Waals surface area (Å²) in [7, 11) is 0. The summed E-state index contributed by atoms with van der Waals surface area (Å²) in [6.45, 7) is 4.18. The third kappa shape index (κ3) is 4.58. The maximum atomic E-state index is 11.7. The Morgan fingerprint density at radius 1 is 1.25 bits per heavy atom. The van der Waals surface area contributed by atoms with E-state index in [1.54, 1.807) is 0 Å². The number of Topliss-reactive ketones (excluding diaryl/α,β-unsaturated/α-hetero) is 1. The molecule has 88 valence electrons. The van der Waals surface area contributed by atoms with Gasteiger partial charge in [-0.05, 0) is 24.3 Å². The van der Waals surface area contributed by atoms with Crippen molar-refractivity contribution >= 4 is 5.78 Å². The number of benzene rings is 1. The Morgan fingerprint density at radius 3 is 2.44 bits per heavy atom. The molecule has 0 aliphatic carbocycles. The van der Waals surface area contributed by atoms with E-state index in [9.17, 15) is 4.79 Å². The largest absolute Gasteiger partial charge is 0.322 e. The second kappa shape index (κ2) is 6.44. The lowest BCUT2D eigenvalue weighted by Gasteiger charge is -2.12. The van der Waals surface area contributed by atoms with E-state index >= 15 is 0 Å². The molecule has 0 saturated heterocycles. The van der Waals surface area contributed by atoms with Crippen LogP contribution in [0.2, 0.25) is 0 Å². The molecule has 0 aliphatic heterocycles. The van der Waals surface area contributed by atoms with Gasteiger partial charge in [0.05, 0.1) is 6.04 Å². The summed E-state index contributed by atoms with van der Waals surface area (Å²) in [5, 5.41) is 0. The van der Waals surface area contributed by atoms with Crippen LogP contribution in [0.25, 0.3) is 0 Å². The molecule has 1 aromatic rings. The van der Waals surface area contributed by atoms with E-state index in [0.717, 1.165) is 12.8 Å². The summed E-state index contributed by atoms with van der Waals surface area (Å²) in [6.07, 6.45) is 2.14. The van der Waals surface area contributed by atoms with E-state index < -0.39 is 0 Å². The molecule has 0 radical (unpaired) electrons. The minimum absolute atomic E-state index is 0.178. The lowest BCUT2D eigenvalue weighted by Crippen LogP contribution is -2.32. The van der Waals surface area contributed by atoms with Crippen molar-refractivity contribution in [2.24, 2.45) is 11.7 Å². The fourth-order valence-corrected chi connectivity index (χ4v) is 1.74. The zero-order chi connectivity index (χ0) is 12.0. The average molecular weight is 219 g/mol. The lowest BCUT2D eigenvalue weighted by molar-refractivity contribution is -0.120. The Hall–Kier alpha value is -1.15. The Morgan fingerprint density at radius 2 is 1.88 bits per heavy atom. The summed E-state index contributed by atoms with van der Waals surface area (Å²) in [4.78, 5) is 11.7. The van der Waals surface area contributed by atoms with Crippen LogP contribution in [-0.4, -0.2) is 11.8 Å². The molecule has 0 aliphatic rings. The first-order chi connectivity index (χ1) is 7.59. The molecule has 1 aromatic carbocycles. The van der Waals surface area contributed by atoms with Crippen molar-refractivity contribution in [1.82, 2.24) is 0 Å². The van der Waals surface area contributed by atoms with Gasteiger partial charge in [-0.2, -0.15) is 0 Å². The zero-order valence-corrected chi connectivity index (χ0v) is 10.1. The van der Waals surface area contributed by atoms with Gasteiger partial charge in [0.25, 0.3) is 0 Å². The number of ketones is 1. The van der Waals surface area contributed by atoms with Crippen molar-refractivity contribution in [2.75, 3.05) is 0 Å². The lowest BCUT2D eigenvalue weighted by atomic mass is 9.97. The van der Waals surface area contributed by atoms with Crippen LogP contribution in [0.3, 0.4) is 0 Å². The first-order valence-electron chi connectivity index (χ1n) is 5.92. The molecule has 0 aromatic heterocycles. The van der Waals surface area contributed by atoms with Crippen molar-refractivity contribution in [3.05, 3.63) is 35.9 Å². The van der Waals surface area contributed by atoms with Crippen molar-refractivity contribution < 1.29 is 4.79 Å². The van der Waals surface area contributed by atoms with Gasteiger partial charge in [-0.1, -0.05) is 44.2 Å². The van der Waals surface area contributed by atoms with Crippen molar-refractivity contribution in [2.45, 2.75) is 39.2 Å². The molecular formula is C14H21NO. The summed E-state index contributed by atoms with van der Waals surface area (Å²) >= 11 is 0. The fraction of sp³-hybridized carbons (Fsp3) is 0.500. The monoisotopic (exact) mass is 219 g/mol. The van der Waals surface area contributed by atoms with Crippen LogP contribution < -0.4 is 5.73 Å². The molecule has 2 N–H and O–H groups in total. The van der Waals surface area contributed by atoms with E-state index in [2.05, 4.69) is 13.8 Å². The van der Waals surface area contributed by atoms with Crippen LogP contribution in [0.5, 0.6) is 0 Å². The van der Waals surface area contributed by atoms with Gasteiger partial charge in [-0.15, -0.1) is 0 Å². The molecule has 2 nitrogen and oxygen atoms in total. The molecule has 0 saturated carbocycles. The molecular weight excluding hydrogens is 198 g/mol. The number of carbonyl (C=O) groups excluding carboxylic acids is 1. The van der Waals surface area contributed by atoms with Gasteiger partial charge in [-0.25, -0.2) is 0 Å². The normalized spacial score (nSPS) is 12.8. The summed E-state index contributed by atoms with van der Waals surface area (Å²) in [5.41, 5.74) is 7.03. The van der Waals surface area contributed by atoms with Crippen LogP contribution in [0.1, 0.15) is 32.3 Å². The summed E-state index contributed by atoms with van der Waals surface area (Å²) < 4.78 is 0.